The highest BCUT2D eigenvalue weighted by Crippen LogP contribution is 2.39. The average Bonchev–Trinajstić information content (AvgIpc) is 2.86. The third-order valence-electron chi connectivity index (χ3n) is 4.47. The van der Waals surface area contributed by atoms with Crippen LogP contribution >= 0.6 is 23.2 Å². The molecule has 0 aliphatic carbocycles. The minimum atomic E-state index is -0.702. The largest absolute Gasteiger partial charge is 0.481 e. The van der Waals surface area contributed by atoms with Gasteiger partial charge < -0.3 is 5.11 Å². The Labute approximate surface area is 129 Å². The fourth-order valence-corrected chi connectivity index (χ4v) is 3.34. The molecule has 1 aromatic carbocycles. The second kappa shape index (κ2) is 5.92. The molecule has 1 saturated heterocycles. The molecule has 2 unspecified atom stereocenters. The zero-order valence-electron chi connectivity index (χ0n) is 11.7. The Bertz CT molecular complexity index is 521. The van der Waals surface area contributed by atoms with Gasteiger partial charge in [-0.1, -0.05) is 30.1 Å². The van der Waals surface area contributed by atoms with Gasteiger partial charge in [0.1, 0.15) is 0 Å². The van der Waals surface area contributed by atoms with Crippen LogP contribution in [-0.2, 0) is 4.79 Å². The summed E-state index contributed by atoms with van der Waals surface area (Å²) in [7, 11) is 0. The predicted octanol–water partition coefficient (Wildman–Crippen LogP) is 4.24. The standard InChI is InChI=1S/C15H19Cl2NO2/c1-3-15(14(19)20)6-7-18(9-15)10(2)12-8-11(16)4-5-13(12)17/h4-5,8,10H,3,6-7,9H2,1-2H3,(H,19,20). The van der Waals surface area contributed by atoms with Crippen LogP contribution in [0.25, 0.3) is 0 Å². The number of benzene rings is 1. The highest BCUT2D eigenvalue weighted by molar-refractivity contribution is 6.33. The monoisotopic (exact) mass is 315 g/mol. The molecule has 20 heavy (non-hydrogen) atoms. The van der Waals surface area contributed by atoms with E-state index in [1.54, 1.807) is 12.1 Å². The van der Waals surface area contributed by atoms with Gasteiger partial charge in [0.25, 0.3) is 0 Å². The zero-order valence-corrected chi connectivity index (χ0v) is 13.2. The molecule has 0 amide bonds. The van der Waals surface area contributed by atoms with Crippen molar-refractivity contribution in [3.8, 4) is 0 Å². The van der Waals surface area contributed by atoms with Crippen LogP contribution in [0.3, 0.4) is 0 Å². The molecule has 2 rings (SSSR count). The lowest BCUT2D eigenvalue weighted by Gasteiger charge is -2.28. The highest BCUT2D eigenvalue weighted by atomic mass is 35.5. The number of carbonyl (C=O) groups is 1. The van der Waals surface area contributed by atoms with Gasteiger partial charge in [-0.15, -0.1) is 0 Å². The third-order valence-corrected chi connectivity index (χ3v) is 5.05. The first kappa shape index (κ1) is 15.6. The number of nitrogens with zero attached hydrogens (tertiary/aromatic N) is 1. The van der Waals surface area contributed by atoms with E-state index in [1.165, 1.54) is 0 Å². The van der Waals surface area contributed by atoms with Crippen molar-refractivity contribution in [3.63, 3.8) is 0 Å². The van der Waals surface area contributed by atoms with E-state index in [4.69, 9.17) is 23.2 Å². The molecule has 1 fully saturated rings. The van der Waals surface area contributed by atoms with Gasteiger partial charge in [-0.25, -0.2) is 0 Å². The van der Waals surface area contributed by atoms with E-state index in [9.17, 15) is 9.90 Å². The van der Waals surface area contributed by atoms with E-state index in [2.05, 4.69) is 4.90 Å². The molecule has 110 valence electrons. The fraction of sp³-hybridized carbons (Fsp3) is 0.533. The molecule has 0 aromatic heterocycles. The molecule has 2 atom stereocenters. The van der Waals surface area contributed by atoms with E-state index < -0.39 is 11.4 Å². The van der Waals surface area contributed by atoms with Crippen molar-refractivity contribution >= 4 is 29.2 Å². The number of aliphatic carboxylic acids is 1. The lowest BCUT2D eigenvalue weighted by Crippen LogP contribution is -2.35. The van der Waals surface area contributed by atoms with E-state index in [1.807, 2.05) is 19.9 Å². The molecule has 1 aliphatic heterocycles. The van der Waals surface area contributed by atoms with Crippen molar-refractivity contribution in [2.45, 2.75) is 32.7 Å². The van der Waals surface area contributed by atoms with E-state index in [-0.39, 0.29) is 6.04 Å². The van der Waals surface area contributed by atoms with Crippen molar-refractivity contribution in [2.24, 2.45) is 5.41 Å². The topological polar surface area (TPSA) is 40.5 Å². The molecule has 0 radical (unpaired) electrons. The lowest BCUT2D eigenvalue weighted by molar-refractivity contribution is -0.148. The molecular weight excluding hydrogens is 297 g/mol. The summed E-state index contributed by atoms with van der Waals surface area (Å²) in [4.78, 5) is 13.7. The summed E-state index contributed by atoms with van der Waals surface area (Å²) in [5.41, 5.74) is 0.329. The molecular formula is C15H19Cl2NO2. The summed E-state index contributed by atoms with van der Waals surface area (Å²) in [6.07, 6.45) is 1.33. The number of hydrogen-bond acceptors (Lipinski definition) is 2. The Kier molecular flexibility index (Phi) is 4.62. The highest BCUT2D eigenvalue weighted by Gasteiger charge is 2.44. The van der Waals surface area contributed by atoms with Gasteiger partial charge in [-0.3, -0.25) is 9.69 Å². The Morgan fingerprint density at radius 2 is 2.20 bits per heavy atom. The van der Waals surface area contributed by atoms with Gasteiger partial charge in [-0.2, -0.15) is 0 Å². The maximum absolute atomic E-state index is 11.5. The van der Waals surface area contributed by atoms with Crippen LogP contribution in [0.1, 0.15) is 38.3 Å². The van der Waals surface area contributed by atoms with Crippen molar-refractivity contribution in [2.75, 3.05) is 13.1 Å². The average molecular weight is 316 g/mol. The van der Waals surface area contributed by atoms with Gasteiger partial charge in [0.05, 0.1) is 5.41 Å². The van der Waals surface area contributed by atoms with Crippen molar-refractivity contribution in [1.29, 1.82) is 0 Å². The Balaban J connectivity index is 2.21. The van der Waals surface area contributed by atoms with Crippen LogP contribution in [0.5, 0.6) is 0 Å². The molecule has 1 aliphatic rings. The molecule has 0 spiro atoms. The van der Waals surface area contributed by atoms with Crippen LogP contribution in [-0.4, -0.2) is 29.1 Å². The zero-order chi connectivity index (χ0) is 14.9. The minimum Gasteiger partial charge on any atom is -0.481 e. The summed E-state index contributed by atoms with van der Waals surface area (Å²) in [6.45, 7) is 5.31. The molecule has 1 N–H and O–H groups in total. The summed E-state index contributed by atoms with van der Waals surface area (Å²) in [5, 5.41) is 10.8. The van der Waals surface area contributed by atoms with E-state index >= 15 is 0 Å². The van der Waals surface area contributed by atoms with Gasteiger partial charge >= 0.3 is 5.97 Å². The SMILES string of the molecule is CCC1(C(=O)O)CCN(C(C)c2cc(Cl)ccc2Cl)C1. The minimum absolute atomic E-state index is 0.0639. The fourth-order valence-electron chi connectivity index (χ4n) is 2.88. The van der Waals surface area contributed by atoms with Crippen LogP contribution < -0.4 is 0 Å². The Hall–Kier alpha value is -0.770. The number of carboxylic acid groups (broad SMARTS) is 1. The van der Waals surface area contributed by atoms with Crippen molar-refractivity contribution < 1.29 is 9.90 Å². The molecule has 0 bridgehead atoms. The van der Waals surface area contributed by atoms with Crippen molar-refractivity contribution in [1.82, 2.24) is 4.90 Å². The van der Waals surface area contributed by atoms with E-state index in [0.717, 1.165) is 12.1 Å². The molecule has 3 nitrogen and oxygen atoms in total. The van der Waals surface area contributed by atoms with Gasteiger partial charge in [-0.05, 0) is 50.1 Å². The summed E-state index contributed by atoms with van der Waals surface area (Å²) >= 11 is 12.3. The summed E-state index contributed by atoms with van der Waals surface area (Å²) < 4.78 is 0. The molecule has 0 saturated carbocycles. The number of halogens is 2. The maximum atomic E-state index is 11.5. The predicted molar refractivity (Wildman–Crippen MR) is 81.4 cm³/mol. The number of carboxylic acids is 1. The van der Waals surface area contributed by atoms with E-state index in [0.29, 0.717) is 29.4 Å². The maximum Gasteiger partial charge on any atom is 0.310 e. The second-order valence-electron chi connectivity index (χ2n) is 5.50. The molecule has 1 aromatic rings. The Morgan fingerprint density at radius 3 is 2.75 bits per heavy atom. The smallest absolute Gasteiger partial charge is 0.310 e. The lowest BCUT2D eigenvalue weighted by atomic mass is 9.84. The first-order valence-electron chi connectivity index (χ1n) is 6.82. The van der Waals surface area contributed by atoms with Crippen molar-refractivity contribution in [3.05, 3.63) is 33.8 Å². The van der Waals surface area contributed by atoms with Crippen LogP contribution in [0.4, 0.5) is 0 Å². The van der Waals surface area contributed by atoms with Gasteiger partial charge in [0.15, 0.2) is 0 Å². The quantitative estimate of drug-likeness (QED) is 0.903. The first-order valence-corrected chi connectivity index (χ1v) is 7.57. The molecule has 1 heterocycles. The van der Waals surface area contributed by atoms with Gasteiger partial charge in [0, 0.05) is 22.6 Å². The summed E-state index contributed by atoms with van der Waals surface area (Å²) in [5.74, 6) is -0.702. The Morgan fingerprint density at radius 1 is 1.50 bits per heavy atom. The third kappa shape index (κ3) is 2.80. The summed E-state index contributed by atoms with van der Waals surface area (Å²) in [6, 6.07) is 5.48. The van der Waals surface area contributed by atoms with Gasteiger partial charge in [0.2, 0.25) is 0 Å². The number of rotatable bonds is 4. The first-order chi connectivity index (χ1) is 9.39. The second-order valence-corrected chi connectivity index (χ2v) is 6.34. The molecule has 5 heteroatoms. The number of hydrogen-bond donors (Lipinski definition) is 1. The number of likely N-dealkylation sites (tertiary alicyclic amines) is 1. The van der Waals surface area contributed by atoms with Crippen LogP contribution in [0, 0.1) is 5.41 Å². The normalized spacial score (nSPS) is 24.8. The van der Waals surface area contributed by atoms with Crippen LogP contribution in [0.2, 0.25) is 10.0 Å². The van der Waals surface area contributed by atoms with Crippen LogP contribution in [0.15, 0.2) is 18.2 Å².